The molecule has 0 aliphatic heterocycles. The summed E-state index contributed by atoms with van der Waals surface area (Å²) >= 11 is 3.60. The number of rotatable bonds is 0. The Morgan fingerprint density at radius 3 is 0.739 bits per heavy atom. The van der Waals surface area contributed by atoms with Crippen molar-refractivity contribution in [3.05, 3.63) is 72.8 Å². The van der Waals surface area contributed by atoms with Gasteiger partial charge in [-0.1, -0.05) is 72.8 Å². The average molecular weight is 342 g/mol. The van der Waals surface area contributed by atoms with Crippen LogP contribution in [0.4, 0.5) is 0 Å². The molecular formula is C18H15O3PS. The highest BCUT2D eigenvalue weighted by molar-refractivity contribution is 8.06. The van der Waals surface area contributed by atoms with Gasteiger partial charge in [-0.05, 0) is 44.1 Å². The monoisotopic (exact) mass is 342 g/mol. The average Bonchev–Trinajstić information content (AvgIpc) is 2.54. The summed E-state index contributed by atoms with van der Waals surface area (Å²) in [6.07, 6.45) is 0. The van der Waals surface area contributed by atoms with Gasteiger partial charge in [0, 0.05) is 0 Å². The number of hydrogen-bond donors (Lipinski definition) is 3. The SMILES string of the molecule is OP(O)(O)=S.c1ccc2c(c1)c1ccccc1c1ccccc21. The molecule has 4 aromatic carbocycles. The minimum atomic E-state index is -3.81. The highest BCUT2D eigenvalue weighted by atomic mass is 32.5. The van der Waals surface area contributed by atoms with Crippen LogP contribution >= 0.6 is 6.72 Å². The molecule has 0 aliphatic carbocycles. The van der Waals surface area contributed by atoms with Gasteiger partial charge in [-0.2, -0.15) is 0 Å². The minimum Gasteiger partial charge on any atom is -0.325 e. The summed E-state index contributed by atoms with van der Waals surface area (Å²) in [5, 5.41) is 8.04. The fourth-order valence-electron chi connectivity index (χ4n) is 2.86. The van der Waals surface area contributed by atoms with Crippen molar-refractivity contribution in [2.45, 2.75) is 0 Å². The summed E-state index contributed by atoms with van der Waals surface area (Å²) in [7, 11) is 0. The van der Waals surface area contributed by atoms with E-state index in [-0.39, 0.29) is 0 Å². The molecular weight excluding hydrogens is 327 g/mol. The molecule has 4 rings (SSSR count). The molecule has 0 spiro atoms. The van der Waals surface area contributed by atoms with Gasteiger partial charge in [-0.15, -0.1) is 0 Å². The van der Waals surface area contributed by atoms with Crippen molar-refractivity contribution < 1.29 is 14.7 Å². The van der Waals surface area contributed by atoms with Crippen molar-refractivity contribution in [2.75, 3.05) is 0 Å². The molecule has 23 heavy (non-hydrogen) atoms. The molecule has 116 valence electrons. The van der Waals surface area contributed by atoms with Gasteiger partial charge in [-0.25, -0.2) is 0 Å². The van der Waals surface area contributed by atoms with Crippen LogP contribution in [0.2, 0.25) is 0 Å². The van der Waals surface area contributed by atoms with Crippen LogP contribution < -0.4 is 0 Å². The quantitative estimate of drug-likeness (QED) is 0.329. The zero-order valence-corrected chi connectivity index (χ0v) is 13.8. The third kappa shape index (κ3) is 3.58. The minimum absolute atomic E-state index is 1.34. The molecule has 3 nitrogen and oxygen atoms in total. The Kier molecular flexibility index (Phi) is 4.44. The van der Waals surface area contributed by atoms with E-state index >= 15 is 0 Å². The smallest absolute Gasteiger partial charge is 0.319 e. The summed E-state index contributed by atoms with van der Waals surface area (Å²) in [6.45, 7) is -3.81. The van der Waals surface area contributed by atoms with Crippen LogP contribution in [0.5, 0.6) is 0 Å². The van der Waals surface area contributed by atoms with Gasteiger partial charge in [0.2, 0.25) is 0 Å². The Bertz CT molecular complexity index is 811. The Balaban J connectivity index is 0.000000276. The van der Waals surface area contributed by atoms with E-state index in [9.17, 15) is 0 Å². The van der Waals surface area contributed by atoms with Crippen molar-refractivity contribution in [3.63, 3.8) is 0 Å². The molecule has 0 aromatic heterocycles. The van der Waals surface area contributed by atoms with Crippen LogP contribution in [-0.4, -0.2) is 14.7 Å². The first-order valence-corrected chi connectivity index (χ1v) is 9.68. The molecule has 0 saturated carbocycles. The third-order valence-corrected chi connectivity index (χ3v) is 3.65. The summed E-state index contributed by atoms with van der Waals surface area (Å²) in [5.41, 5.74) is 0. The Hall–Kier alpha value is -1.81. The maximum Gasteiger partial charge on any atom is 0.319 e. The fraction of sp³-hybridized carbons (Fsp3) is 0. The van der Waals surface area contributed by atoms with E-state index in [1.807, 2.05) is 0 Å². The second-order valence-corrected chi connectivity index (χ2v) is 7.65. The van der Waals surface area contributed by atoms with Gasteiger partial charge in [-0.3, -0.25) is 0 Å². The van der Waals surface area contributed by atoms with Gasteiger partial charge < -0.3 is 14.7 Å². The van der Waals surface area contributed by atoms with Crippen LogP contribution in [0.3, 0.4) is 0 Å². The van der Waals surface area contributed by atoms with Crippen LogP contribution in [0, 0.1) is 0 Å². The lowest BCUT2D eigenvalue weighted by molar-refractivity contribution is 0.363. The predicted molar refractivity (Wildman–Crippen MR) is 99.9 cm³/mol. The maximum absolute atomic E-state index is 7.56. The number of hydrogen-bond acceptors (Lipinski definition) is 1. The van der Waals surface area contributed by atoms with E-state index in [0.717, 1.165) is 0 Å². The first-order valence-electron chi connectivity index (χ1n) is 7.01. The lowest BCUT2D eigenvalue weighted by Gasteiger charge is -2.09. The summed E-state index contributed by atoms with van der Waals surface area (Å²) in [6, 6.07) is 26.0. The van der Waals surface area contributed by atoms with Crippen molar-refractivity contribution in [3.8, 4) is 0 Å². The summed E-state index contributed by atoms with van der Waals surface area (Å²) in [4.78, 5) is 22.7. The Morgan fingerprint density at radius 1 is 0.478 bits per heavy atom. The van der Waals surface area contributed by atoms with Gasteiger partial charge in [0.05, 0.1) is 0 Å². The molecule has 0 fully saturated rings. The van der Waals surface area contributed by atoms with Crippen LogP contribution in [0.15, 0.2) is 72.8 Å². The van der Waals surface area contributed by atoms with E-state index in [1.165, 1.54) is 32.3 Å². The van der Waals surface area contributed by atoms with E-state index in [4.69, 9.17) is 14.7 Å². The molecule has 4 aromatic rings. The molecule has 0 heterocycles. The Morgan fingerprint density at radius 2 is 0.609 bits per heavy atom. The van der Waals surface area contributed by atoms with Gasteiger partial charge in [0.15, 0.2) is 0 Å². The highest BCUT2D eigenvalue weighted by Crippen LogP contribution is 2.34. The number of benzene rings is 4. The molecule has 0 aliphatic rings. The van der Waals surface area contributed by atoms with Gasteiger partial charge in [0.25, 0.3) is 0 Å². The lowest BCUT2D eigenvalue weighted by atomic mass is 9.95. The van der Waals surface area contributed by atoms with Crippen LogP contribution in [-0.2, 0) is 11.8 Å². The van der Waals surface area contributed by atoms with E-state index in [2.05, 4.69) is 84.6 Å². The normalized spacial score (nSPS) is 11.4. The summed E-state index contributed by atoms with van der Waals surface area (Å²) < 4.78 is 0. The third-order valence-electron chi connectivity index (χ3n) is 3.65. The molecule has 3 N–H and O–H groups in total. The summed E-state index contributed by atoms with van der Waals surface area (Å²) in [5.74, 6) is 0. The van der Waals surface area contributed by atoms with Crippen LogP contribution in [0.1, 0.15) is 0 Å². The topological polar surface area (TPSA) is 60.7 Å². The molecule has 0 radical (unpaired) electrons. The van der Waals surface area contributed by atoms with Crippen molar-refractivity contribution in [1.82, 2.24) is 0 Å². The molecule has 5 heteroatoms. The zero-order valence-electron chi connectivity index (χ0n) is 12.1. The molecule has 0 unspecified atom stereocenters. The Labute approximate surface area is 138 Å². The van der Waals surface area contributed by atoms with Crippen molar-refractivity contribution in [1.29, 1.82) is 0 Å². The largest absolute Gasteiger partial charge is 0.325 e. The van der Waals surface area contributed by atoms with Gasteiger partial charge >= 0.3 is 6.72 Å². The predicted octanol–water partition coefficient (Wildman–Crippen LogP) is 4.33. The number of fused-ring (bicyclic) bond motifs is 6. The molecule has 0 atom stereocenters. The van der Waals surface area contributed by atoms with E-state index < -0.39 is 6.72 Å². The van der Waals surface area contributed by atoms with Crippen molar-refractivity contribution in [2.24, 2.45) is 0 Å². The molecule has 0 amide bonds. The highest BCUT2D eigenvalue weighted by Gasteiger charge is 2.06. The molecule has 0 saturated heterocycles. The first kappa shape index (κ1) is 16.1. The van der Waals surface area contributed by atoms with Crippen LogP contribution in [0.25, 0.3) is 32.3 Å². The fourth-order valence-corrected chi connectivity index (χ4v) is 2.86. The van der Waals surface area contributed by atoms with E-state index in [0.29, 0.717) is 0 Å². The van der Waals surface area contributed by atoms with Gasteiger partial charge in [0.1, 0.15) is 0 Å². The first-order chi connectivity index (χ1) is 10.9. The standard InChI is InChI=1S/C18H12.H3O3PS/c1-2-8-14-13(7-1)15-9-3-4-11-17(15)18-12-6-5-10-16(14)18;1-4(2,3)5/h1-12H;(H3,1,2,3,5). The van der Waals surface area contributed by atoms with Crippen molar-refractivity contribution >= 4 is 50.8 Å². The maximum atomic E-state index is 7.56. The lowest BCUT2D eigenvalue weighted by Crippen LogP contribution is -1.81. The molecule has 0 bridgehead atoms. The second-order valence-electron chi connectivity index (χ2n) is 5.15. The zero-order chi connectivity index (χ0) is 16.4. The van der Waals surface area contributed by atoms with E-state index in [1.54, 1.807) is 0 Å². The second kappa shape index (κ2) is 6.36.